The predicted octanol–water partition coefficient (Wildman–Crippen LogP) is 3.00. The molecule has 1 amide bonds. The van der Waals surface area contributed by atoms with Crippen LogP contribution in [0.5, 0.6) is 0 Å². The van der Waals surface area contributed by atoms with Crippen molar-refractivity contribution in [1.29, 1.82) is 0 Å². The maximum Gasteiger partial charge on any atom is 0.284 e. The summed E-state index contributed by atoms with van der Waals surface area (Å²) in [5.74, 6) is -0.233. The minimum absolute atomic E-state index is 0.148. The number of para-hydroxylation sites is 2. The van der Waals surface area contributed by atoms with Gasteiger partial charge in [0.15, 0.2) is 5.16 Å². The zero-order valence-electron chi connectivity index (χ0n) is 14.5. The first-order valence-electron chi connectivity index (χ1n) is 8.07. The fourth-order valence-corrected chi connectivity index (χ4v) is 3.39. The molecule has 0 atom stereocenters. The Hall–Kier alpha value is -3.73. The first-order chi connectivity index (χ1) is 13.5. The highest BCUT2D eigenvalue weighted by Crippen LogP contribution is 2.34. The molecule has 0 aliphatic heterocycles. The molecule has 11 heteroatoms. The minimum atomic E-state index is -0.531. The number of fused-ring (bicyclic) bond motifs is 1. The second-order valence-electron chi connectivity index (χ2n) is 5.82. The highest BCUT2D eigenvalue weighted by Gasteiger charge is 2.20. The Morgan fingerprint density at radius 3 is 2.82 bits per heavy atom. The second kappa shape index (κ2) is 7.12. The number of nitro benzene ring substituents is 1. The van der Waals surface area contributed by atoms with Crippen LogP contribution in [0, 0.1) is 10.1 Å². The summed E-state index contributed by atoms with van der Waals surface area (Å²) in [6, 6.07) is 11.6. The fourth-order valence-electron chi connectivity index (χ4n) is 2.54. The molecule has 0 radical (unpaired) electrons. The smallest absolute Gasteiger partial charge is 0.284 e. The first kappa shape index (κ1) is 17.7. The number of benzene rings is 2. The van der Waals surface area contributed by atoms with Crippen LogP contribution in [-0.2, 0) is 7.05 Å². The van der Waals surface area contributed by atoms with Crippen molar-refractivity contribution in [3.63, 3.8) is 0 Å². The Morgan fingerprint density at radius 1 is 1.29 bits per heavy atom. The zero-order valence-corrected chi connectivity index (χ0v) is 15.3. The predicted molar refractivity (Wildman–Crippen MR) is 102 cm³/mol. The molecule has 4 aromatic rings. The molecule has 0 unspecified atom stereocenters. The highest BCUT2D eigenvalue weighted by molar-refractivity contribution is 7.99. The fraction of sp³-hybridized carbons (Fsp3) is 0.0588. The molecule has 4 rings (SSSR count). The summed E-state index contributed by atoms with van der Waals surface area (Å²) in [6.45, 7) is 0. The van der Waals surface area contributed by atoms with Gasteiger partial charge in [-0.15, -0.1) is 10.2 Å². The normalized spacial score (nSPS) is 10.9. The van der Waals surface area contributed by atoms with Crippen molar-refractivity contribution >= 4 is 40.3 Å². The molecule has 2 aromatic carbocycles. The van der Waals surface area contributed by atoms with E-state index in [4.69, 9.17) is 0 Å². The lowest BCUT2D eigenvalue weighted by Gasteiger charge is -2.05. The lowest BCUT2D eigenvalue weighted by Crippen LogP contribution is -2.13. The molecule has 2 N–H and O–H groups in total. The Labute approximate surface area is 162 Å². The third-order valence-corrected chi connectivity index (χ3v) is 5.03. The maximum absolute atomic E-state index is 12.5. The number of imidazole rings is 1. The Kier molecular flexibility index (Phi) is 4.49. The molecule has 2 aromatic heterocycles. The van der Waals surface area contributed by atoms with Gasteiger partial charge in [-0.2, -0.15) is 0 Å². The second-order valence-corrected chi connectivity index (χ2v) is 6.83. The van der Waals surface area contributed by atoms with Gasteiger partial charge in [0.25, 0.3) is 11.6 Å². The monoisotopic (exact) mass is 395 g/mol. The number of aromatic nitrogens is 5. The van der Waals surface area contributed by atoms with Gasteiger partial charge in [-0.05, 0) is 36.0 Å². The van der Waals surface area contributed by atoms with Crippen LogP contribution in [0.3, 0.4) is 0 Å². The summed E-state index contributed by atoms with van der Waals surface area (Å²) < 4.78 is 1.65. The first-order valence-corrected chi connectivity index (χ1v) is 8.89. The maximum atomic E-state index is 12.5. The molecule has 0 saturated carbocycles. The van der Waals surface area contributed by atoms with E-state index in [1.807, 2.05) is 24.3 Å². The van der Waals surface area contributed by atoms with E-state index in [9.17, 15) is 14.9 Å². The average molecular weight is 395 g/mol. The molecular weight excluding hydrogens is 382 g/mol. The molecule has 0 aliphatic rings. The quantitative estimate of drug-likeness (QED) is 0.392. The van der Waals surface area contributed by atoms with Crippen LogP contribution in [-0.4, -0.2) is 35.6 Å². The van der Waals surface area contributed by atoms with Gasteiger partial charge < -0.3 is 9.55 Å². The van der Waals surface area contributed by atoms with Crippen LogP contribution in [0.1, 0.15) is 10.4 Å². The van der Waals surface area contributed by atoms with E-state index in [2.05, 4.69) is 25.5 Å². The van der Waals surface area contributed by atoms with Crippen molar-refractivity contribution < 1.29 is 9.72 Å². The third-order valence-electron chi connectivity index (χ3n) is 3.91. The number of nitro groups is 1. The highest BCUT2D eigenvalue weighted by atomic mass is 32.2. The summed E-state index contributed by atoms with van der Waals surface area (Å²) >= 11 is 1.10. The van der Waals surface area contributed by atoms with Crippen LogP contribution in [0.25, 0.3) is 11.0 Å². The van der Waals surface area contributed by atoms with Gasteiger partial charge in [-0.25, -0.2) is 4.98 Å². The number of rotatable bonds is 5. The number of H-pyrrole nitrogens is 1. The molecule has 0 saturated heterocycles. The number of aromatic amines is 1. The average Bonchev–Trinajstić information content (AvgIpc) is 3.27. The number of amides is 1. The summed E-state index contributed by atoms with van der Waals surface area (Å²) in [5, 5.41) is 22.3. The molecular formula is C17H13N7O3S. The summed E-state index contributed by atoms with van der Waals surface area (Å²) in [6.07, 6.45) is 1.50. The van der Waals surface area contributed by atoms with Gasteiger partial charge in [-0.1, -0.05) is 12.1 Å². The van der Waals surface area contributed by atoms with E-state index in [0.29, 0.717) is 15.6 Å². The summed E-state index contributed by atoms with van der Waals surface area (Å²) in [4.78, 5) is 31.1. The van der Waals surface area contributed by atoms with Gasteiger partial charge in [0.1, 0.15) is 6.33 Å². The van der Waals surface area contributed by atoms with E-state index in [1.54, 1.807) is 11.6 Å². The van der Waals surface area contributed by atoms with Crippen molar-refractivity contribution in [2.45, 2.75) is 10.1 Å². The minimum Gasteiger partial charge on any atom is -0.324 e. The molecule has 0 bridgehead atoms. The van der Waals surface area contributed by atoms with Gasteiger partial charge in [0.05, 0.1) is 20.9 Å². The Bertz CT molecular complexity index is 1170. The van der Waals surface area contributed by atoms with Crippen molar-refractivity contribution in [3.8, 4) is 0 Å². The lowest BCUT2D eigenvalue weighted by molar-refractivity contribution is -0.387. The van der Waals surface area contributed by atoms with E-state index < -0.39 is 10.8 Å². The third kappa shape index (κ3) is 3.42. The molecule has 140 valence electrons. The van der Waals surface area contributed by atoms with Crippen molar-refractivity contribution in [2.24, 2.45) is 7.05 Å². The van der Waals surface area contributed by atoms with Crippen molar-refractivity contribution in [3.05, 3.63) is 64.5 Å². The molecule has 10 nitrogen and oxygen atoms in total. The number of nitrogens with zero attached hydrogens (tertiary/aromatic N) is 5. The van der Waals surface area contributed by atoms with Crippen LogP contribution >= 0.6 is 11.8 Å². The molecule has 0 spiro atoms. The number of hydrogen-bond donors (Lipinski definition) is 2. The number of carbonyl (C=O) groups is 1. The molecule has 0 fully saturated rings. The van der Waals surface area contributed by atoms with Crippen molar-refractivity contribution in [2.75, 3.05) is 5.32 Å². The number of hydrogen-bond acceptors (Lipinski definition) is 7. The van der Waals surface area contributed by atoms with E-state index in [1.165, 1.54) is 24.5 Å². The topological polar surface area (TPSA) is 132 Å². The van der Waals surface area contributed by atoms with Crippen molar-refractivity contribution in [1.82, 2.24) is 24.7 Å². The van der Waals surface area contributed by atoms with Gasteiger partial charge in [-0.3, -0.25) is 20.2 Å². The SMILES string of the molecule is Cn1cnnc1Sc1ccc(C(=O)Nc2nc3ccccc3[nH]2)cc1[N+](=O)[O-]. The molecule has 28 heavy (non-hydrogen) atoms. The van der Waals surface area contributed by atoms with Crippen LogP contribution in [0.15, 0.2) is 58.8 Å². The summed E-state index contributed by atoms with van der Waals surface area (Å²) in [5.41, 5.74) is 1.44. The summed E-state index contributed by atoms with van der Waals surface area (Å²) in [7, 11) is 1.74. The Morgan fingerprint density at radius 2 is 2.11 bits per heavy atom. The number of anilines is 1. The van der Waals surface area contributed by atoms with E-state index in [0.717, 1.165) is 17.3 Å². The number of aryl methyl sites for hydroxylation is 1. The molecule has 2 heterocycles. The van der Waals surface area contributed by atoms with E-state index >= 15 is 0 Å². The van der Waals surface area contributed by atoms with Gasteiger partial charge in [0.2, 0.25) is 5.95 Å². The molecule has 0 aliphatic carbocycles. The van der Waals surface area contributed by atoms with Crippen LogP contribution in [0.2, 0.25) is 0 Å². The van der Waals surface area contributed by atoms with Crippen LogP contribution in [0.4, 0.5) is 11.6 Å². The Balaban J connectivity index is 1.60. The van der Waals surface area contributed by atoms with E-state index in [-0.39, 0.29) is 17.2 Å². The number of nitrogens with one attached hydrogen (secondary N) is 2. The van der Waals surface area contributed by atoms with Gasteiger partial charge >= 0.3 is 0 Å². The lowest BCUT2D eigenvalue weighted by atomic mass is 10.2. The standard InChI is InChI=1S/C17H13N7O3S/c1-23-9-18-22-17(23)28-14-7-6-10(8-13(14)24(26)27)15(25)21-16-19-11-4-2-3-5-12(11)20-16/h2-9H,1H3,(H2,19,20,21,25). The number of carbonyl (C=O) groups excluding carboxylic acids is 1. The zero-order chi connectivity index (χ0) is 19.7. The van der Waals surface area contributed by atoms with Crippen LogP contribution < -0.4 is 5.32 Å². The largest absolute Gasteiger partial charge is 0.324 e. The van der Waals surface area contributed by atoms with Gasteiger partial charge in [0, 0.05) is 18.7 Å².